The Morgan fingerprint density at radius 2 is 2.00 bits per heavy atom. The molecular weight excluding hydrogens is 259 g/mol. The zero-order chi connectivity index (χ0) is 13.3. The lowest BCUT2D eigenvalue weighted by molar-refractivity contribution is -0.313. The van der Waals surface area contributed by atoms with Crippen LogP contribution in [0.25, 0.3) is 0 Å². The van der Waals surface area contributed by atoms with Gasteiger partial charge in [-0.3, -0.25) is 4.79 Å². The molecule has 0 aromatic carbocycles. The van der Waals surface area contributed by atoms with Gasteiger partial charge in [0.25, 0.3) is 0 Å². The van der Waals surface area contributed by atoms with Gasteiger partial charge in [0, 0.05) is 6.61 Å². The Kier molecular flexibility index (Phi) is 4.30. The van der Waals surface area contributed by atoms with Gasteiger partial charge in [-0.25, -0.2) is 0 Å². The SMILES string of the molecule is CCOC1(C(F)(F)F)CN(C(=O)[C@H](Cl)CC)C1. The highest BCUT2D eigenvalue weighted by molar-refractivity contribution is 6.30. The second-order valence-electron chi connectivity index (χ2n) is 4.00. The Balaban J connectivity index is 2.65. The number of carbonyl (C=O) groups excluding carboxylic acids is 1. The maximum absolute atomic E-state index is 12.8. The van der Waals surface area contributed by atoms with Gasteiger partial charge in [0.05, 0.1) is 13.1 Å². The van der Waals surface area contributed by atoms with Crippen molar-refractivity contribution in [2.75, 3.05) is 19.7 Å². The predicted octanol–water partition coefficient (Wildman–Crippen LogP) is 2.18. The van der Waals surface area contributed by atoms with Crippen LogP contribution in [0, 0.1) is 0 Å². The largest absolute Gasteiger partial charge is 0.420 e. The average molecular weight is 274 g/mol. The van der Waals surface area contributed by atoms with Crippen LogP contribution < -0.4 is 0 Å². The van der Waals surface area contributed by atoms with Gasteiger partial charge in [-0.15, -0.1) is 11.6 Å². The molecular formula is C10H15ClF3NO2. The van der Waals surface area contributed by atoms with E-state index in [-0.39, 0.29) is 6.61 Å². The van der Waals surface area contributed by atoms with Gasteiger partial charge in [-0.05, 0) is 13.3 Å². The van der Waals surface area contributed by atoms with Crippen LogP contribution in [0.5, 0.6) is 0 Å². The van der Waals surface area contributed by atoms with E-state index in [1.54, 1.807) is 6.92 Å². The molecule has 0 bridgehead atoms. The van der Waals surface area contributed by atoms with E-state index in [2.05, 4.69) is 0 Å². The van der Waals surface area contributed by atoms with Crippen LogP contribution >= 0.6 is 11.6 Å². The highest BCUT2D eigenvalue weighted by Gasteiger charge is 2.64. The number of ether oxygens (including phenoxy) is 1. The Morgan fingerprint density at radius 3 is 2.35 bits per heavy atom. The molecule has 1 fully saturated rings. The molecule has 0 radical (unpaired) electrons. The van der Waals surface area contributed by atoms with Crippen LogP contribution in [0.2, 0.25) is 0 Å². The van der Waals surface area contributed by atoms with Crippen molar-refractivity contribution in [2.24, 2.45) is 0 Å². The van der Waals surface area contributed by atoms with Gasteiger partial charge in [-0.2, -0.15) is 13.2 Å². The normalized spacial score (nSPS) is 20.9. The maximum Gasteiger partial charge on any atom is 0.420 e. The first kappa shape index (κ1) is 14.6. The van der Waals surface area contributed by atoms with Crippen molar-refractivity contribution < 1.29 is 22.7 Å². The van der Waals surface area contributed by atoms with E-state index in [9.17, 15) is 18.0 Å². The number of rotatable bonds is 4. The van der Waals surface area contributed by atoms with E-state index < -0.39 is 36.2 Å². The third-order valence-corrected chi connectivity index (χ3v) is 3.26. The molecule has 1 amide bonds. The van der Waals surface area contributed by atoms with E-state index in [1.165, 1.54) is 6.92 Å². The summed E-state index contributed by atoms with van der Waals surface area (Å²) in [7, 11) is 0. The fraction of sp³-hybridized carbons (Fsp3) is 0.900. The Morgan fingerprint density at radius 1 is 1.47 bits per heavy atom. The highest BCUT2D eigenvalue weighted by atomic mass is 35.5. The number of amides is 1. The van der Waals surface area contributed by atoms with Crippen LogP contribution in [0.15, 0.2) is 0 Å². The first-order valence-electron chi connectivity index (χ1n) is 5.41. The van der Waals surface area contributed by atoms with Crippen LogP contribution in [-0.2, 0) is 9.53 Å². The Labute approximate surface area is 103 Å². The van der Waals surface area contributed by atoms with E-state index >= 15 is 0 Å². The van der Waals surface area contributed by atoms with Crippen molar-refractivity contribution in [3.8, 4) is 0 Å². The summed E-state index contributed by atoms with van der Waals surface area (Å²) in [6.45, 7) is 2.22. The minimum absolute atomic E-state index is 0.0420. The molecule has 0 aromatic heterocycles. The predicted molar refractivity (Wildman–Crippen MR) is 56.9 cm³/mol. The first-order valence-corrected chi connectivity index (χ1v) is 5.84. The topological polar surface area (TPSA) is 29.5 Å². The highest BCUT2D eigenvalue weighted by Crippen LogP contribution is 2.41. The van der Waals surface area contributed by atoms with Gasteiger partial charge in [0.15, 0.2) is 5.60 Å². The van der Waals surface area contributed by atoms with E-state index in [4.69, 9.17) is 16.3 Å². The van der Waals surface area contributed by atoms with Crippen molar-refractivity contribution >= 4 is 17.5 Å². The molecule has 1 rings (SSSR count). The number of carbonyl (C=O) groups is 1. The number of hydrogen-bond donors (Lipinski definition) is 0. The molecule has 1 heterocycles. The number of hydrogen-bond acceptors (Lipinski definition) is 2. The quantitative estimate of drug-likeness (QED) is 0.735. The lowest BCUT2D eigenvalue weighted by Crippen LogP contribution is -2.72. The molecule has 0 N–H and O–H groups in total. The van der Waals surface area contributed by atoms with Crippen LogP contribution in [0.4, 0.5) is 13.2 Å². The molecule has 3 nitrogen and oxygen atoms in total. The summed E-state index contributed by atoms with van der Waals surface area (Å²) < 4.78 is 43.1. The molecule has 1 aliphatic rings. The minimum atomic E-state index is -4.46. The van der Waals surface area contributed by atoms with Crippen molar-refractivity contribution in [1.29, 1.82) is 0 Å². The molecule has 0 aliphatic carbocycles. The van der Waals surface area contributed by atoms with Gasteiger partial charge in [0.1, 0.15) is 5.38 Å². The number of alkyl halides is 4. The average Bonchev–Trinajstić information content (AvgIpc) is 2.18. The van der Waals surface area contributed by atoms with Crippen LogP contribution in [0.3, 0.4) is 0 Å². The van der Waals surface area contributed by atoms with Crippen molar-refractivity contribution in [2.45, 2.75) is 37.4 Å². The van der Waals surface area contributed by atoms with Gasteiger partial charge >= 0.3 is 6.18 Å². The Bertz CT molecular complexity index is 290. The summed E-state index contributed by atoms with van der Waals surface area (Å²) in [6, 6.07) is 0. The third-order valence-electron chi connectivity index (χ3n) is 2.77. The molecule has 7 heteroatoms. The standard InChI is InChI=1S/C10H15ClF3NO2/c1-3-7(11)8(16)15-5-9(6-15,17-4-2)10(12,13)14/h7H,3-6H2,1-2H3/t7-/m1/s1. The minimum Gasteiger partial charge on any atom is -0.362 e. The molecule has 0 spiro atoms. The fourth-order valence-corrected chi connectivity index (χ4v) is 1.87. The monoisotopic (exact) mass is 273 g/mol. The lowest BCUT2D eigenvalue weighted by Gasteiger charge is -2.50. The molecule has 0 saturated carbocycles. The number of likely N-dealkylation sites (tertiary alicyclic amines) is 1. The van der Waals surface area contributed by atoms with Crippen LogP contribution in [0.1, 0.15) is 20.3 Å². The smallest absolute Gasteiger partial charge is 0.362 e. The molecule has 1 saturated heterocycles. The molecule has 17 heavy (non-hydrogen) atoms. The number of nitrogens with zero attached hydrogens (tertiary/aromatic N) is 1. The lowest BCUT2D eigenvalue weighted by atomic mass is 9.92. The second-order valence-corrected chi connectivity index (χ2v) is 4.52. The van der Waals surface area contributed by atoms with Crippen molar-refractivity contribution in [3.05, 3.63) is 0 Å². The summed E-state index contributed by atoms with van der Waals surface area (Å²) in [5.41, 5.74) is -2.21. The summed E-state index contributed by atoms with van der Waals surface area (Å²) in [5.74, 6) is -0.464. The summed E-state index contributed by atoms with van der Waals surface area (Å²) >= 11 is 5.69. The van der Waals surface area contributed by atoms with E-state index in [0.717, 1.165) is 4.90 Å². The van der Waals surface area contributed by atoms with Crippen LogP contribution in [-0.4, -0.2) is 47.7 Å². The zero-order valence-electron chi connectivity index (χ0n) is 9.68. The second kappa shape index (κ2) is 5.02. The molecule has 0 aromatic rings. The first-order chi connectivity index (χ1) is 7.77. The van der Waals surface area contributed by atoms with Crippen molar-refractivity contribution in [3.63, 3.8) is 0 Å². The Hall–Kier alpha value is -0.490. The van der Waals surface area contributed by atoms with Gasteiger partial charge < -0.3 is 9.64 Å². The maximum atomic E-state index is 12.8. The molecule has 0 unspecified atom stereocenters. The zero-order valence-corrected chi connectivity index (χ0v) is 10.4. The fourth-order valence-electron chi connectivity index (χ4n) is 1.73. The molecule has 1 aliphatic heterocycles. The summed E-state index contributed by atoms with van der Waals surface area (Å²) in [4.78, 5) is 12.6. The van der Waals surface area contributed by atoms with Gasteiger partial charge in [-0.1, -0.05) is 6.92 Å². The molecule has 100 valence electrons. The third kappa shape index (κ3) is 2.68. The summed E-state index contributed by atoms with van der Waals surface area (Å²) in [5, 5.41) is -0.761. The van der Waals surface area contributed by atoms with Crippen molar-refractivity contribution in [1.82, 2.24) is 4.90 Å². The molecule has 1 atom stereocenters. The van der Waals surface area contributed by atoms with E-state index in [1.807, 2.05) is 0 Å². The number of halogens is 4. The summed E-state index contributed by atoms with van der Waals surface area (Å²) in [6.07, 6.45) is -4.07. The van der Waals surface area contributed by atoms with E-state index in [0.29, 0.717) is 6.42 Å². The van der Waals surface area contributed by atoms with Gasteiger partial charge in [0.2, 0.25) is 5.91 Å².